The van der Waals surface area contributed by atoms with E-state index < -0.39 is 5.54 Å². The molecule has 2 aliphatic rings. The first-order valence-electron chi connectivity index (χ1n) is 8.89. The van der Waals surface area contributed by atoms with Gasteiger partial charge >= 0.3 is 0 Å². The summed E-state index contributed by atoms with van der Waals surface area (Å²) in [7, 11) is 0. The quantitative estimate of drug-likeness (QED) is 0.750. The van der Waals surface area contributed by atoms with Crippen LogP contribution in [0.15, 0.2) is 30.0 Å². The largest absolute Gasteiger partial charge is 0.509 e. The second kappa shape index (κ2) is 6.39. The summed E-state index contributed by atoms with van der Waals surface area (Å²) in [5.74, 6) is 0.588. The van der Waals surface area contributed by atoms with Gasteiger partial charge in [0, 0.05) is 15.5 Å². The number of nitrogens with zero attached hydrogens (tertiary/aromatic N) is 1. The molecule has 6 heteroatoms. The zero-order valence-corrected chi connectivity index (χ0v) is 16.4. The van der Waals surface area contributed by atoms with Gasteiger partial charge in [-0.15, -0.1) is 11.3 Å². The first-order chi connectivity index (χ1) is 12.4. The van der Waals surface area contributed by atoms with Crippen molar-refractivity contribution in [2.75, 3.05) is 0 Å². The summed E-state index contributed by atoms with van der Waals surface area (Å²) in [5.41, 5.74) is 1.28. The Balaban J connectivity index is 1.74. The Morgan fingerprint density at radius 1 is 1.27 bits per heavy atom. The van der Waals surface area contributed by atoms with E-state index in [1.54, 1.807) is 0 Å². The number of aliphatic hydroxyl groups excluding tert-OH is 1. The van der Waals surface area contributed by atoms with E-state index in [0.29, 0.717) is 22.2 Å². The van der Waals surface area contributed by atoms with Gasteiger partial charge in [-0.3, -0.25) is 4.79 Å². The molecule has 0 bridgehead atoms. The molecule has 1 aromatic carbocycles. The van der Waals surface area contributed by atoms with Crippen LogP contribution in [-0.4, -0.2) is 21.5 Å². The molecule has 1 spiro atoms. The fourth-order valence-electron chi connectivity index (χ4n) is 3.87. The first kappa shape index (κ1) is 17.6. The van der Waals surface area contributed by atoms with Gasteiger partial charge in [0.1, 0.15) is 16.3 Å². The molecule has 1 aromatic heterocycles. The fourth-order valence-corrected chi connectivity index (χ4v) is 4.92. The van der Waals surface area contributed by atoms with Crippen LogP contribution >= 0.6 is 22.9 Å². The second-order valence-corrected chi connectivity index (χ2v) is 9.01. The molecule has 1 aliphatic heterocycles. The summed E-state index contributed by atoms with van der Waals surface area (Å²) in [6.07, 6.45) is 3.57. The van der Waals surface area contributed by atoms with Crippen molar-refractivity contribution in [2.45, 2.75) is 45.1 Å². The summed E-state index contributed by atoms with van der Waals surface area (Å²) in [6, 6.07) is 7.48. The topological polar surface area (TPSA) is 62.2 Å². The maximum absolute atomic E-state index is 12.7. The van der Waals surface area contributed by atoms with Crippen LogP contribution < -0.4 is 5.32 Å². The smallest absolute Gasteiger partial charge is 0.257 e. The molecule has 136 valence electrons. The number of aryl methyl sites for hydroxylation is 1. The minimum absolute atomic E-state index is 0.172. The van der Waals surface area contributed by atoms with Crippen LogP contribution in [0.3, 0.4) is 0 Å². The van der Waals surface area contributed by atoms with Gasteiger partial charge in [-0.05, 0) is 50.7 Å². The molecule has 0 unspecified atom stereocenters. The maximum atomic E-state index is 12.7. The summed E-state index contributed by atoms with van der Waals surface area (Å²) in [6.45, 7) is 4.15. The number of amides is 1. The van der Waals surface area contributed by atoms with Gasteiger partial charge in [-0.2, -0.15) is 0 Å². The number of carbonyl (C=O) groups excluding carboxylic acids is 1. The van der Waals surface area contributed by atoms with E-state index in [0.717, 1.165) is 41.1 Å². The van der Waals surface area contributed by atoms with Crippen molar-refractivity contribution in [2.24, 2.45) is 5.92 Å². The SMILES string of the molecule is Cc1sc(-c2ccc(Cl)cc2)nc1C1=C(O)C2(CCC(C)CC2)NC1=O. The predicted octanol–water partition coefficient (Wildman–Crippen LogP) is 5.12. The standard InChI is InChI=1S/C20H21ClN2O2S/c1-11-7-9-20(10-8-11)17(24)15(18(25)23-20)16-12(2)26-19(22-16)13-3-5-14(21)6-4-13/h3-6,11,24H,7-10H2,1-2H3,(H,23,25). The number of halogens is 1. The molecular weight excluding hydrogens is 368 g/mol. The number of benzene rings is 1. The van der Waals surface area contributed by atoms with Crippen molar-refractivity contribution in [3.63, 3.8) is 0 Å². The number of thiazole rings is 1. The van der Waals surface area contributed by atoms with Gasteiger partial charge in [0.2, 0.25) is 0 Å². The molecule has 2 N–H and O–H groups in total. The zero-order valence-electron chi connectivity index (χ0n) is 14.8. The minimum atomic E-state index is -0.602. The van der Waals surface area contributed by atoms with Gasteiger partial charge in [0.05, 0.1) is 11.2 Å². The van der Waals surface area contributed by atoms with Crippen molar-refractivity contribution in [3.05, 3.63) is 45.6 Å². The number of nitrogens with one attached hydrogen (secondary N) is 1. The molecule has 4 nitrogen and oxygen atoms in total. The Kier molecular flexibility index (Phi) is 4.32. The highest BCUT2D eigenvalue weighted by molar-refractivity contribution is 7.15. The lowest BCUT2D eigenvalue weighted by atomic mass is 9.76. The summed E-state index contributed by atoms with van der Waals surface area (Å²) < 4.78 is 0. The molecule has 1 fully saturated rings. The summed E-state index contributed by atoms with van der Waals surface area (Å²) >= 11 is 7.48. The number of hydrogen-bond donors (Lipinski definition) is 2. The van der Waals surface area contributed by atoms with Gasteiger partial charge in [-0.25, -0.2) is 4.98 Å². The van der Waals surface area contributed by atoms with Crippen LogP contribution in [0.4, 0.5) is 0 Å². The van der Waals surface area contributed by atoms with Crippen LogP contribution in [0, 0.1) is 12.8 Å². The van der Waals surface area contributed by atoms with Gasteiger partial charge in [0.15, 0.2) is 0 Å². The zero-order chi connectivity index (χ0) is 18.5. The number of carbonyl (C=O) groups is 1. The lowest BCUT2D eigenvalue weighted by Gasteiger charge is -2.36. The van der Waals surface area contributed by atoms with Crippen molar-refractivity contribution in [1.82, 2.24) is 10.3 Å². The summed E-state index contributed by atoms with van der Waals surface area (Å²) in [4.78, 5) is 18.3. The Labute approximate surface area is 161 Å². The van der Waals surface area contributed by atoms with Gasteiger partial charge in [-0.1, -0.05) is 30.7 Å². The highest BCUT2D eigenvalue weighted by atomic mass is 35.5. The highest BCUT2D eigenvalue weighted by Gasteiger charge is 2.48. The van der Waals surface area contributed by atoms with Crippen LogP contribution in [0.5, 0.6) is 0 Å². The lowest BCUT2D eigenvalue weighted by Crippen LogP contribution is -2.47. The van der Waals surface area contributed by atoms with Crippen molar-refractivity contribution in [1.29, 1.82) is 0 Å². The third-order valence-electron chi connectivity index (χ3n) is 5.52. The van der Waals surface area contributed by atoms with Crippen LogP contribution in [0.1, 0.15) is 43.2 Å². The van der Waals surface area contributed by atoms with Crippen molar-refractivity contribution < 1.29 is 9.90 Å². The molecule has 1 saturated carbocycles. The third-order valence-corrected chi connectivity index (χ3v) is 6.79. The minimum Gasteiger partial charge on any atom is -0.509 e. The number of aromatic nitrogens is 1. The Morgan fingerprint density at radius 3 is 2.58 bits per heavy atom. The predicted molar refractivity (Wildman–Crippen MR) is 105 cm³/mol. The van der Waals surface area contributed by atoms with E-state index in [4.69, 9.17) is 11.6 Å². The molecule has 2 aromatic rings. The number of rotatable bonds is 2. The van der Waals surface area contributed by atoms with Crippen molar-refractivity contribution in [3.8, 4) is 10.6 Å². The van der Waals surface area contributed by atoms with E-state index in [2.05, 4.69) is 17.2 Å². The first-order valence-corrected chi connectivity index (χ1v) is 10.1. The molecule has 0 atom stereocenters. The Bertz CT molecular complexity index is 893. The molecule has 0 saturated heterocycles. The van der Waals surface area contributed by atoms with Gasteiger partial charge in [0.25, 0.3) is 5.91 Å². The Hall–Kier alpha value is -1.85. The molecule has 1 amide bonds. The molecule has 0 radical (unpaired) electrons. The molecule has 1 aliphatic carbocycles. The average Bonchev–Trinajstić information content (AvgIpc) is 3.09. The third kappa shape index (κ3) is 2.83. The monoisotopic (exact) mass is 388 g/mol. The van der Waals surface area contributed by atoms with Crippen LogP contribution in [0.2, 0.25) is 5.02 Å². The van der Waals surface area contributed by atoms with Crippen LogP contribution in [0.25, 0.3) is 16.1 Å². The second-order valence-electron chi connectivity index (χ2n) is 7.37. The molecule has 26 heavy (non-hydrogen) atoms. The van der Waals surface area contributed by atoms with E-state index in [1.165, 1.54) is 11.3 Å². The van der Waals surface area contributed by atoms with E-state index in [1.807, 2.05) is 31.2 Å². The van der Waals surface area contributed by atoms with E-state index in [9.17, 15) is 9.90 Å². The molecular formula is C20H21ClN2O2S. The normalized spacial score (nSPS) is 25.8. The lowest BCUT2D eigenvalue weighted by molar-refractivity contribution is -0.116. The number of aliphatic hydroxyl groups is 1. The molecule has 2 heterocycles. The highest BCUT2D eigenvalue weighted by Crippen LogP contribution is 2.44. The summed E-state index contributed by atoms with van der Waals surface area (Å²) in [5, 5.41) is 15.5. The molecule has 4 rings (SSSR count). The average molecular weight is 389 g/mol. The maximum Gasteiger partial charge on any atom is 0.257 e. The van der Waals surface area contributed by atoms with Crippen molar-refractivity contribution >= 4 is 34.4 Å². The van der Waals surface area contributed by atoms with Crippen LogP contribution in [-0.2, 0) is 4.79 Å². The van der Waals surface area contributed by atoms with E-state index >= 15 is 0 Å². The fraction of sp³-hybridized carbons (Fsp3) is 0.400. The van der Waals surface area contributed by atoms with Gasteiger partial charge < -0.3 is 10.4 Å². The van der Waals surface area contributed by atoms with E-state index in [-0.39, 0.29) is 11.7 Å². The number of hydrogen-bond acceptors (Lipinski definition) is 4. The Morgan fingerprint density at radius 2 is 1.92 bits per heavy atom.